The number of fused-ring (bicyclic) bond motifs is 1. The summed E-state index contributed by atoms with van der Waals surface area (Å²) in [6.07, 6.45) is 1.14. The van der Waals surface area contributed by atoms with Crippen LogP contribution in [-0.4, -0.2) is 23.9 Å². The van der Waals surface area contributed by atoms with E-state index in [1.807, 2.05) is 0 Å². The van der Waals surface area contributed by atoms with Gasteiger partial charge in [-0.1, -0.05) is 36.4 Å². The normalized spacial score (nSPS) is 14.6. The Morgan fingerprint density at radius 2 is 1.59 bits per heavy atom. The third-order valence-electron chi connectivity index (χ3n) is 3.42. The zero-order chi connectivity index (χ0) is 11.7. The first-order valence-electron chi connectivity index (χ1n) is 6.08. The van der Waals surface area contributed by atoms with Gasteiger partial charge in [-0.25, -0.2) is 4.58 Å². The van der Waals surface area contributed by atoms with E-state index in [1.54, 1.807) is 0 Å². The summed E-state index contributed by atoms with van der Waals surface area (Å²) < 4.78 is 2.36. The molecule has 0 spiro atoms. The Morgan fingerprint density at radius 1 is 0.882 bits per heavy atom. The molecule has 0 aromatic heterocycles. The Kier molecular flexibility index (Phi) is 2.52. The molecule has 0 bridgehead atoms. The largest absolute Gasteiger partial charge is 0.231 e. The molecule has 2 aromatic carbocycles. The molecular formula is C16H16N+. The number of hydrogen-bond acceptors (Lipinski definition) is 0. The Morgan fingerprint density at radius 3 is 2.41 bits per heavy atom. The number of likely N-dealkylation sites (N-methyl/N-ethyl adjacent to an activating group) is 1. The molecule has 17 heavy (non-hydrogen) atoms. The summed E-state index contributed by atoms with van der Waals surface area (Å²) in [4.78, 5) is 0. The molecule has 0 saturated carbocycles. The smallest absolute Gasteiger partial charge is 0.214 e. The minimum absolute atomic E-state index is 1.10. The van der Waals surface area contributed by atoms with E-state index in [2.05, 4.69) is 66.2 Å². The van der Waals surface area contributed by atoms with Crippen molar-refractivity contribution in [3.05, 3.63) is 71.3 Å². The summed E-state index contributed by atoms with van der Waals surface area (Å²) in [5, 5.41) is 0. The molecule has 1 heteroatoms. The first kappa shape index (κ1) is 10.3. The van der Waals surface area contributed by atoms with Crippen LogP contribution in [0.3, 0.4) is 0 Å². The lowest BCUT2D eigenvalue weighted by atomic mass is 9.93. The average Bonchev–Trinajstić information content (AvgIpc) is 2.39. The lowest BCUT2D eigenvalue weighted by Crippen LogP contribution is -2.27. The highest BCUT2D eigenvalue weighted by Crippen LogP contribution is 2.19. The standard InChI is InChI=1S/C16H16N/c1-17-12-11-13-7-5-6-10-15(13)16(17)14-8-3-2-4-9-14/h2-10H,11-12H2,1H3/q+1. The van der Waals surface area contributed by atoms with Crippen molar-refractivity contribution in [2.75, 3.05) is 13.6 Å². The molecule has 1 aliphatic heterocycles. The van der Waals surface area contributed by atoms with Gasteiger partial charge in [0.1, 0.15) is 13.6 Å². The molecule has 0 saturated heterocycles. The molecule has 1 nitrogen and oxygen atoms in total. The second-order valence-electron chi connectivity index (χ2n) is 4.54. The summed E-state index contributed by atoms with van der Waals surface area (Å²) in [6, 6.07) is 19.4. The van der Waals surface area contributed by atoms with Crippen molar-refractivity contribution in [1.82, 2.24) is 0 Å². The van der Waals surface area contributed by atoms with Crippen molar-refractivity contribution < 1.29 is 4.58 Å². The first-order valence-corrected chi connectivity index (χ1v) is 6.08. The highest BCUT2D eigenvalue weighted by Gasteiger charge is 2.23. The minimum atomic E-state index is 1.10. The van der Waals surface area contributed by atoms with E-state index < -0.39 is 0 Å². The van der Waals surface area contributed by atoms with Gasteiger partial charge in [0.05, 0.1) is 0 Å². The molecule has 1 heterocycles. The lowest BCUT2D eigenvalue weighted by molar-refractivity contribution is -0.497. The maximum absolute atomic E-state index is 2.36. The van der Waals surface area contributed by atoms with Crippen LogP contribution in [0, 0.1) is 0 Å². The molecular weight excluding hydrogens is 206 g/mol. The van der Waals surface area contributed by atoms with Crippen LogP contribution in [0.15, 0.2) is 54.6 Å². The highest BCUT2D eigenvalue weighted by molar-refractivity contribution is 6.10. The van der Waals surface area contributed by atoms with Gasteiger partial charge in [0.2, 0.25) is 5.71 Å². The maximum atomic E-state index is 2.36. The van der Waals surface area contributed by atoms with Crippen molar-refractivity contribution in [2.24, 2.45) is 0 Å². The summed E-state index contributed by atoms with van der Waals surface area (Å²) in [6.45, 7) is 1.10. The van der Waals surface area contributed by atoms with Crippen molar-refractivity contribution in [3.63, 3.8) is 0 Å². The lowest BCUT2D eigenvalue weighted by Gasteiger charge is -2.16. The quantitative estimate of drug-likeness (QED) is 0.653. The Hall–Kier alpha value is -1.89. The van der Waals surface area contributed by atoms with E-state index in [-0.39, 0.29) is 0 Å². The second-order valence-corrected chi connectivity index (χ2v) is 4.54. The van der Waals surface area contributed by atoms with Gasteiger partial charge in [-0.2, -0.15) is 0 Å². The summed E-state index contributed by atoms with van der Waals surface area (Å²) >= 11 is 0. The van der Waals surface area contributed by atoms with Gasteiger partial charge < -0.3 is 0 Å². The van der Waals surface area contributed by atoms with Crippen molar-refractivity contribution in [3.8, 4) is 0 Å². The van der Waals surface area contributed by atoms with E-state index in [4.69, 9.17) is 0 Å². The molecule has 0 N–H and O–H groups in total. The fraction of sp³-hybridized carbons (Fsp3) is 0.188. The van der Waals surface area contributed by atoms with Crippen LogP contribution >= 0.6 is 0 Å². The topological polar surface area (TPSA) is 3.01 Å². The van der Waals surface area contributed by atoms with E-state index in [0.717, 1.165) is 13.0 Å². The van der Waals surface area contributed by atoms with E-state index in [1.165, 1.54) is 22.4 Å². The SMILES string of the molecule is C[N+]1=C(c2ccccc2)c2ccccc2CC1. The fourth-order valence-corrected chi connectivity index (χ4v) is 2.55. The summed E-state index contributed by atoms with van der Waals surface area (Å²) in [5.74, 6) is 0. The van der Waals surface area contributed by atoms with E-state index in [9.17, 15) is 0 Å². The predicted octanol–water partition coefficient (Wildman–Crippen LogP) is 2.72. The molecule has 3 rings (SSSR count). The van der Waals surface area contributed by atoms with Crippen LogP contribution in [0.4, 0.5) is 0 Å². The average molecular weight is 222 g/mol. The van der Waals surface area contributed by atoms with Gasteiger partial charge in [-0.3, -0.25) is 0 Å². The van der Waals surface area contributed by atoms with E-state index >= 15 is 0 Å². The molecule has 0 unspecified atom stereocenters. The van der Waals surface area contributed by atoms with Gasteiger partial charge in [-0.15, -0.1) is 0 Å². The molecule has 84 valence electrons. The van der Waals surface area contributed by atoms with Crippen molar-refractivity contribution in [2.45, 2.75) is 6.42 Å². The van der Waals surface area contributed by atoms with Crippen LogP contribution in [0.2, 0.25) is 0 Å². The third-order valence-corrected chi connectivity index (χ3v) is 3.42. The Bertz CT molecular complexity index is 567. The number of rotatable bonds is 1. The van der Waals surface area contributed by atoms with Gasteiger partial charge >= 0.3 is 0 Å². The maximum Gasteiger partial charge on any atom is 0.214 e. The summed E-state index contributed by atoms with van der Waals surface area (Å²) in [7, 11) is 2.18. The molecule has 0 atom stereocenters. The first-order chi connectivity index (χ1) is 8.36. The van der Waals surface area contributed by atoms with Crippen LogP contribution < -0.4 is 0 Å². The van der Waals surface area contributed by atoms with Crippen LogP contribution in [0.1, 0.15) is 16.7 Å². The number of hydrogen-bond donors (Lipinski definition) is 0. The van der Waals surface area contributed by atoms with Crippen LogP contribution in [0.25, 0.3) is 0 Å². The second kappa shape index (κ2) is 4.17. The van der Waals surface area contributed by atoms with Crippen LogP contribution in [-0.2, 0) is 6.42 Å². The number of benzene rings is 2. The Balaban J connectivity index is 2.21. The minimum Gasteiger partial charge on any atom is -0.231 e. The molecule has 0 radical (unpaired) electrons. The zero-order valence-corrected chi connectivity index (χ0v) is 10.1. The zero-order valence-electron chi connectivity index (χ0n) is 10.1. The van der Waals surface area contributed by atoms with Crippen LogP contribution in [0.5, 0.6) is 0 Å². The highest BCUT2D eigenvalue weighted by atomic mass is 15.0. The molecule has 2 aromatic rings. The molecule has 0 aliphatic carbocycles. The van der Waals surface area contributed by atoms with Gasteiger partial charge in [-0.05, 0) is 23.8 Å². The van der Waals surface area contributed by atoms with Crippen molar-refractivity contribution in [1.29, 1.82) is 0 Å². The predicted molar refractivity (Wildman–Crippen MR) is 70.9 cm³/mol. The van der Waals surface area contributed by atoms with Gasteiger partial charge in [0, 0.05) is 17.5 Å². The number of nitrogens with zero attached hydrogens (tertiary/aromatic N) is 1. The molecule has 0 fully saturated rings. The van der Waals surface area contributed by atoms with Gasteiger partial charge in [0.25, 0.3) is 0 Å². The molecule has 1 aliphatic rings. The monoisotopic (exact) mass is 222 g/mol. The Labute approximate surface area is 102 Å². The van der Waals surface area contributed by atoms with Gasteiger partial charge in [0.15, 0.2) is 0 Å². The fourth-order valence-electron chi connectivity index (χ4n) is 2.55. The third kappa shape index (κ3) is 1.78. The van der Waals surface area contributed by atoms with Crippen molar-refractivity contribution >= 4 is 5.71 Å². The molecule has 0 amide bonds. The summed E-state index contributed by atoms with van der Waals surface area (Å²) in [5.41, 5.74) is 5.51. The van der Waals surface area contributed by atoms with E-state index in [0.29, 0.717) is 0 Å².